The Labute approximate surface area is 779 Å². The fourth-order valence-electron chi connectivity index (χ4n) is 23.8. The third-order valence-corrected chi connectivity index (χ3v) is 38.8. The molecule has 3 aliphatic heterocycles. The van der Waals surface area contributed by atoms with E-state index in [1.54, 1.807) is 0 Å². The smallest absolute Gasteiger partial charge is 0.173 e. The van der Waals surface area contributed by atoms with Crippen LogP contribution in [0.25, 0.3) is 215 Å². The standard InChI is InChI=1S/C52H32NOP.C40H24NOP.C34H22NOP/c54-55(36-22-8-3-9-23-36)46-29-13-11-24-37(46)38-30-31-44-50(52(38)55)39-25-10-12-28-43(39)53(44)45-32-42(33-16-4-1-5-17-33)49-40-26-14-20-34-21-15-27-41(47(34)40)51(49)48(45)35-18-6-2-7-19-35;42-43(27-12-2-1-3-13-27)37-19-7-5-14-29(37)32-22-23-36-39(40(32)43)33-15-4-6-18-35(33)41(36)26-20-21-28-30-16-8-10-25-11-9-17-31(38(25)30)34(28)24-26;36-37(25-14-5-2-6-15-25)33-26-16-8-7-11-23(26)19-20-27(33)28-21-22-31-32(34(28)37)29-17-9-10-18-30(29)35(31)24-12-3-1-4-13-24/h1-32H;1-24H;1-22H. The van der Waals surface area contributed by atoms with Gasteiger partial charge in [0.15, 0.2) is 21.4 Å². The van der Waals surface area contributed by atoms with E-state index in [0.29, 0.717) is 0 Å². The lowest BCUT2D eigenvalue weighted by Gasteiger charge is -2.22. The average Bonchev–Trinajstić information content (AvgIpc) is 1.53. The molecule has 0 radical (unpaired) electrons. The molecule has 25 aromatic rings. The molecule has 0 N–H and O–H groups in total. The van der Waals surface area contributed by atoms with Crippen molar-refractivity contribution < 1.29 is 13.7 Å². The summed E-state index contributed by atoms with van der Waals surface area (Å²) in [6, 6.07) is 167. The van der Waals surface area contributed by atoms with E-state index < -0.39 is 21.4 Å². The molecule has 22 aromatic carbocycles. The Kier molecular flexibility index (Phi) is 17.0. The van der Waals surface area contributed by atoms with Gasteiger partial charge in [-0.05, 0) is 188 Å². The Morgan fingerprint density at radius 3 is 1.06 bits per heavy atom. The first-order valence-electron chi connectivity index (χ1n) is 46.2. The molecule has 3 atom stereocenters. The number of hydrogen-bond donors (Lipinski definition) is 0. The van der Waals surface area contributed by atoms with Crippen molar-refractivity contribution >= 4 is 167 Å². The van der Waals surface area contributed by atoms with Crippen molar-refractivity contribution in [2.45, 2.75) is 0 Å². The van der Waals surface area contributed by atoms with Crippen LogP contribution in [0, 0.1) is 0 Å². The normalized spacial score (nSPS) is 15.7. The summed E-state index contributed by atoms with van der Waals surface area (Å²) >= 11 is 0. The number of fused-ring (bicyclic) bond motifs is 29. The number of nitrogens with zero attached hydrogens (tertiary/aromatic N) is 3. The second-order valence-electron chi connectivity index (χ2n) is 36.0. The van der Waals surface area contributed by atoms with Crippen LogP contribution in [0.3, 0.4) is 0 Å². The molecular formula is C126H78N3O3P3. The summed E-state index contributed by atoms with van der Waals surface area (Å²) < 4.78 is 54.8. The van der Waals surface area contributed by atoms with E-state index in [9.17, 15) is 0 Å². The number of rotatable bonds is 8. The maximum absolute atomic E-state index is 16.2. The van der Waals surface area contributed by atoms with E-state index >= 15 is 13.7 Å². The summed E-state index contributed by atoms with van der Waals surface area (Å²) in [5.41, 5.74) is 31.2. The van der Waals surface area contributed by atoms with Crippen molar-refractivity contribution in [3.05, 3.63) is 473 Å². The van der Waals surface area contributed by atoms with Crippen molar-refractivity contribution in [2.75, 3.05) is 0 Å². The van der Waals surface area contributed by atoms with Gasteiger partial charge in [-0.3, -0.25) is 0 Å². The van der Waals surface area contributed by atoms with Crippen LogP contribution in [0.4, 0.5) is 0 Å². The third kappa shape index (κ3) is 10.9. The second kappa shape index (κ2) is 29.6. The predicted octanol–water partition coefficient (Wildman–Crippen LogP) is 29.3. The zero-order valence-electron chi connectivity index (χ0n) is 72.9. The van der Waals surface area contributed by atoms with Crippen molar-refractivity contribution in [3.63, 3.8) is 0 Å². The predicted molar refractivity (Wildman–Crippen MR) is 570 cm³/mol. The summed E-state index contributed by atoms with van der Waals surface area (Å²) in [4.78, 5) is 0. The van der Waals surface area contributed by atoms with Gasteiger partial charge >= 0.3 is 0 Å². The van der Waals surface area contributed by atoms with Crippen molar-refractivity contribution in [1.29, 1.82) is 0 Å². The minimum absolute atomic E-state index is 0.866. The molecule has 0 saturated heterocycles. The number of benzene rings is 22. The monoisotopic (exact) mass is 1770 g/mol. The molecule has 3 unspecified atom stereocenters. The van der Waals surface area contributed by atoms with Crippen LogP contribution in [0.2, 0.25) is 0 Å². The summed E-state index contributed by atoms with van der Waals surface area (Å²) in [5, 5.41) is 22.3. The molecule has 3 aromatic heterocycles. The summed E-state index contributed by atoms with van der Waals surface area (Å²) in [5.74, 6) is 0. The van der Waals surface area contributed by atoms with E-state index in [1.807, 2.05) is 109 Å². The van der Waals surface area contributed by atoms with Gasteiger partial charge in [0.25, 0.3) is 0 Å². The summed E-state index contributed by atoms with van der Waals surface area (Å²) in [6.45, 7) is 0. The van der Waals surface area contributed by atoms with Crippen LogP contribution in [0.5, 0.6) is 0 Å². The zero-order chi connectivity index (χ0) is 89.1. The highest BCUT2D eigenvalue weighted by molar-refractivity contribution is 7.88. The van der Waals surface area contributed by atoms with E-state index in [4.69, 9.17) is 0 Å². The van der Waals surface area contributed by atoms with Crippen LogP contribution in [0.1, 0.15) is 0 Å². The van der Waals surface area contributed by atoms with Gasteiger partial charge in [-0.1, -0.05) is 406 Å². The van der Waals surface area contributed by atoms with Crippen LogP contribution >= 0.6 is 21.4 Å². The average molecular weight is 1770 g/mol. The van der Waals surface area contributed by atoms with Crippen LogP contribution in [-0.2, 0) is 13.7 Å². The Balaban J connectivity index is 0.000000103. The molecule has 6 heterocycles. The minimum Gasteiger partial charge on any atom is -0.309 e. The largest absolute Gasteiger partial charge is 0.309 e. The zero-order valence-corrected chi connectivity index (χ0v) is 75.6. The first-order chi connectivity index (χ1) is 66.7. The maximum Gasteiger partial charge on any atom is 0.173 e. The molecule has 0 spiro atoms. The highest BCUT2D eigenvalue weighted by Gasteiger charge is 2.47. The van der Waals surface area contributed by atoms with Crippen molar-refractivity contribution in [3.8, 4) is 117 Å². The fraction of sp³-hybridized carbons (Fsp3) is 0. The molecule has 630 valence electrons. The fourth-order valence-corrected chi connectivity index (χ4v) is 33.9. The van der Waals surface area contributed by atoms with Crippen LogP contribution < -0.4 is 47.7 Å². The molecule has 0 amide bonds. The first kappa shape index (κ1) is 77.5. The van der Waals surface area contributed by atoms with Gasteiger partial charge in [-0.2, -0.15) is 0 Å². The van der Waals surface area contributed by atoms with Gasteiger partial charge in [0.05, 0.1) is 38.8 Å². The lowest BCUT2D eigenvalue weighted by Crippen LogP contribution is -2.22. The lowest BCUT2D eigenvalue weighted by molar-refractivity contribution is 0.592. The van der Waals surface area contributed by atoms with Gasteiger partial charge in [-0.25, -0.2) is 0 Å². The van der Waals surface area contributed by atoms with E-state index in [0.717, 1.165) is 180 Å². The van der Waals surface area contributed by atoms with E-state index in [2.05, 4.69) is 378 Å². The number of hydrogen-bond acceptors (Lipinski definition) is 3. The molecule has 0 bridgehead atoms. The molecular weight excluding hydrogens is 1700 g/mol. The van der Waals surface area contributed by atoms with Gasteiger partial charge in [0, 0.05) is 103 Å². The van der Waals surface area contributed by atoms with Crippen LogP contribution in [-0.4, -0.2) is 13.7 Å². The van der Waals surface area contributed by atoms with Gasteiger partial charge in [0.2, 0.25) is 0 Å². The SMILES string of the molecule is O=P1(c2ccccc2)c2c(ccc3ccccc23)-c2ccc3c(c21)c1ccccc1n3-c1ccccc1.O=P1(c2ccccc2)c2ccccc2-c2ccc3c(c21)c1ccccc1n3-c1cc(-c2ccccc2)c2c(c1-c1ccccc1)-c1cccc3cccc-2c13.O=P1(c2ccccc2)c2ccccc2-c2ccc3c(c21)c1ccccc1n3-c1ccc2c(c1)-c1cccc3cccc-2c13. The van der Waals surface area contributed by atoms with E-state index in [1.165, 1.54) is 82.7 Å². The van der Waals surface area contributed by atoms with Crippen molar-refractivity contribution in [1.82, 2.24) is 13.7 Å². The molecule has 9 heteroatoms. The van der Waals surface area contributed by atoms with Gasteiger partial charge in [-0.15, -0.1) is 0 Å². The Bertz CT molecular complexity index is 9580. The molecule has 135 heavy (non-hydrogen) atoms. The van der Waals surface area contributed by atoms with E-state index in [-0.39, 0.29) is 0 Å². The van der Waals surface area contributed by atoms with Gasteiger partial charge < -0.3 is 27.4 Å². The molecule has 0 fully saturated rings. The second-order valence-corrected chi connectivity index (χ2v) is 43.9. The minimum atomic E-state index is -3.25. The molecule has 6 nitrogen and oxygen atoms in total. The summed E-state index contributed by atoms with van der Waals surface area (Å²) in [6.07, 6.45) is 0. The van der Waals surface area contributed by atoms with Crippen molar-refractivity contribution in [2.24, 2.45) is 0 Å². The Morgan fingerprint density at radius 1 is 0.170 bits per heavy atom. The summed E-state index contributed by atoms with van der Waals surface area (Å²) in [7, 11) is -9.57. The number of aromatic nitrogens is 3. The quantitative estimate of drug-likeness (QED) is 0.142. The Morgan fingerprint density at radius 2 is 0.526 bits per heavy atom. The topological polar surface area (TPSA) is 66.0 Å². The molecule has 30 rings (SSSR count). The van der Waals surface area contributed by atoms with Crippen LogP contribution in [0.15, 0.2) is 473 Å². The molecule has 2 aliphatic carbocycles. The van der Waals surface area contributed by atoms with Gasteiger partial charge in [0.1, 0.15) is 0 Å². The highest BCUT2D eigenvalue weighted by atomic mass is 31.2. The Hall–Kier alpha value is -16.3. The molecule has 5 aliphatic rings. The molecule has 0 saturated carbocycles. The highest BCUT2D eigenvalue weighted by Crippen LogP contribution is 2.62. The third-order valence-electron chi connectivity index (χ3n) is 29.2. The lowest BCUT2D eigenvalue weighted by atomic mass is 9.86. The number of para-hydroxylation sites is 4. The first-order valence-corrected chi connectivity index (χ1v) is 51.3. The maximum atomic E-state index is 16.2.